The normalized spacial score (nSPS) is 13.0. The number of amides is 4. The first kappa shape index (κ1) is 16.4. The molecular formula is C6H13N7O6. The van der Waals surface area contributed by atoms with E-state index in [4.69, 9.17) is 28.3 Å². The van der Waals surface area contributed by atoms with E-state index in [1.54, 1.807) is 0 Å². The molecule has 13 heteroatoms. The molecule has 11 N–H and O–H groups in total. The zero-order valence-corrected chi connectivity index (χ0v) is 9.48. The van der Waals surface area contributed by atoms with Gasteiger partial charge in [-0.25, -0.2) is 35.9 Å². The molecule has 1 atom stereocenters. The van der Waals surface area contributed by atoms with Gasteiger partial charge in [0, 0.05) is 0 Å². The summed E-state index contributed by atoms with van der Waals surface area (Å²) in [5, 5.41) is 8.61. The number of nitrogens with two attached hydrogens (primary N) is 5. The molecular weight excluding hydrogens is 266 g/mol. The van der Waals surface area contributed by atoms with Gasteiger partial charge in [0.05, 0.1) is 6.42 Å². The Hall–Kier alpha value is -2.64. The van der Waals surface area contributed by atoms with Crippen molar-refractivity contribution in [1.82, 2.24) is 10.2 Å². The minimum absolute atomic E-state index is 0.0816. The summed E-state index contributed by atoms with van der Waals surface area (Å²) in [5.41, 5.74) is 12.0. The SMILES string of the molecule is NC(=O)N(N)OC(=O)C[C@](N)(C(=O)O)N(N)C(N)=O. The fourth-order valence-corrected chi connectivity index (χ4v) is 0.867. The molecule has 108 valence electrons. The monoisotopic (exact) mass is 279 g/mol. The lowest BCUT2D eigenvalue weighted by molar-refractivity contribution is -0.182. The molecule has 0 aromatic rings. The zero-order valence-electron chi connectivity index (χ0n) is 9.48. The Bertz CT molecular complexity index is 413. The first-order valence-corrected chi connectivity index (χ1v) is 4.44. The van der Waals surface area contributed by atoms with Crippen LogP contribution in [0.25, 0.3) is 0 Å². The third-order valence-corrected chi connectivity index (χ3v) is 1.87. The molecule has 0 rings (SSSR count). The van der Waals surface area contributed by atoms with Crippen molar-refractivity contribution in [2.75, 3.05) is 0 Å². The van der Waals surface area contributed by atoms with Gasteiger partial charge in [-0.3, -0.25) is 5.73 Å². The summed E-state index contributed by atoms with van der Waals surface area (Å²) in [4.78, 5) is 47.6. The molecule has 0 aromatic carbocycles. The molecule has 0 fully saturated rings. The van der Waals surface area contributed by atoms with E-state index in [9.17, 15) is 19.2 Å². The van der Waals surface area contributed by atoms with E-state index in [2.05, 4.69) is 10.6 Å². The van der Waals surface area contributed by atoms with Crippen molar-refractivity contribution in [3.05, 3.63) is 0 Å². The maximum atomic E-state index is 11.3. The van der Waals surface area contributed by atoms with Gasteiger partial charge in [0.1, 0.15) is 0 Å². The fraction of sp³-hybridized carbons (Fsp3) is 0.333. The van der Waals surface area contributed by atoms with Crippen LogP contribution in [0, 0.1) is 0 Å². The van der Waals surface area contributed by atoms with Crippen molar-refractivity contribution in [3.8, 4) is 0 Å². The lowest BCUT2D eigenvalue weighted by Crippen LogP contribution is -2.68. The number of carbonyl (C=O) groups excluding carboxylic acids is 3. The number of carboxylic acid groups (broad SMARTS) is 1. The molecule has 0 radical (unpaired) electrons. The summed E-state index contributed by atoms with van der Waals surface area (Å²) in [7, 11) is 0. The van der Waals surface area contributed by atoms with E-state index in [1.807, 2.05) is 0 Å². The van der Waals surface area contributed by atoms with Gasteiger partial charge < -0.3 is 21.4 Å². The smallest absolute Gasteiger partial charge is 0.363 e. The first-order valence-electron chi connectivity index (χ1n) is 4.44. The van der Waals surface area contributed by atoms with Crippen molar-refractivity contribution in [2.24, 2.45) is 28.9 Å². The second kappa shape index (κ2) is 5.80. The average molecular weight is 279 g/mol. The number of hydroxylamine groups is 1. The van der Waals surface area contributed by atoms with Gasteiger partial charge in [-0.15, -0.1) is 0 Å². The summed E-state index contributed by atoms with van der Waals surface area (Å²) in [6.45, 7) is 0. The van der Waals surface area contributed by atoms with E-state index in [-0.39, 0.29) is 10.2 Å². The van der Waals surface area contributed by atoms with Crippen molar-refractivity contribution in [2.45, 2.75) is 12.1 Å². The number of carbonyl (C=O) groups is 4. The van der Waals surface area contributed by atoms with Gasteiger partial charge in [0.25, 0.3) is 0 Å². The number of primary amides is 2. The third-order valence-electron chi connectivity index (χ3n) is 1.87. The summed E-state index contributed by atoms with van der Waals surface area (Å²) in [6.07, 6.45) is -1.14. The number of aliphatic carboxylic acids is 1. The first-order chi connectivity index (χ1) is 8.52. The van der Waals surface area contributed by atoms with E-state index in [0.29, 0.717) is 0 Å². The van der Waals surface area contributed by atoms with E-state index in [0.717, 1.165) is 0 Å². The van der Waals surface area contributed by atoms with Crippen LogP contribution < -0.4 is 28.9 Å². The second-order valence-electron chi connectivity index (χ2n) is 3.24. The molecule has 0 aliphatic carbocycles. The Morgan fingerprint density at radius 1 is 1.11 bits per heavy atom. The van der Waals surface area contributed by atoms with E-state index >= 15 is 0 Å². The molecule has 0 spiro atoms. The third kappa shape index (κ3) is 3.95. The molecule has 0 aliphatic heterocycles. The highest BCUT2D eigenvalue weighted by molar-refractivity contribution is 5.89. The Kier molecular flexibility index (Phi) is 5.00. The predicted octanol–water partition coefficient (Wildman–Crippen LogP) is -3.92. The van der Waals surface area contributed by atoms with E-state index in [1.165, 1.54) is 0 Å². The number of hydrogen-bond acceptors (Lipinski definition) is 8. The predicted molar refractivity (Wildman–Crippen MR) is 56.5 cm³/mol. The second-order valence-corrected chi connectivity index (χ2v) is 3.24. The summed E-state index contributed by atoms with van der Waals surface area (Å²) in [6, 6.07) is -2.73. The Morgan fingerprint density at radius 2 is 1.58 bits per heavy atom. The van der Waals surface area contributed by atoms with Gasteiger partial charge in [0.15, 0.2) is 0 Å². The fourth-order valence-electron chi connectivity index (χ4n) is 0.867. The van der Waals surface area contributed by atoms with Crippen LogP contribution in [0.5, 0.6) is 0 Å². The largest absolute Gasteiger partial charge is 0.478 e. The maximum absolute atomic E-state index is 11.3. The summed E-state index contributed by atoms with van der Waals surface area (Å²) >= 11 is 0. The molecule has 0 aromatic heterocycles. The van der Waals surface area contributed by atoms with Crippen molar-refractivity contribution < 1.29 is 29.1 Å². The number of nitrogens with zero attached hydrogens (tertiary/aromatic N) is 2. The van der Waals surface area contributed by atoms with Crippen LogP contribution in [-0.2, 0) is 14.4 Å². The minimum atomic E-state index is -2.68. The molecule has 0 aliphatic rings. The Labute approximate surface area is 105 Å². The molecule has 0 heterocycles. The molecule has 0 bridgehead atoms. The molecule has 13 nitrogen and oxygen atoms in total. The Morgan fingerprint density at radius 3 is 1.89 bits per heavy atom. The Balaban J connectivity index is 4.96. The number of rotatable bonds is 4. The average Bonchev–Trinajstić information content (AvgIpc) is 2.26. The van der Waals surface area contributed by atoms with Crippen LogP contribution >= 0.6 is 0 Å². The topological polar surface area (TPSA) is 234 Å². The van der Waals surface area contributed by atoms with Gasteiger partial charge >= 0.3 is 24.0 Å². The molecule has 0 saturated carbocycles. The highest BCUT2D eigenvalue weighted by Gasteiger charge is 2.44. The number of urea groups is 2. The van der Waals surface area contributed by atoms with Gasteiger partial charge in [-0.05, 0) is 0 Å². The number of hydrogen-bond donors (Lipinski definition) is 6. The highest BCUT2D eigenvalue weighted by atomic mass is 16.7. The lowest BCUT2D eigenvalue weighted by atomic mass is 10.1. The van der Waals surface area contributed by atoms with Crippen molar-refractivity contribution in [1.29, 1.82) is 0 Å². The van der Waals surface area contributed by atoms with Gasteiger partial charge in [-0.1, -0.05) is 5.17 Å². The van der Waals surface area contributed by atoms with Crippen LogP contribution in [0.1, 0.15) is 6.42 Å². The summed E-state index contributed by atoms with van der Waals surface area (Å²) < 4.78 is 0. The highest BCUT2D eigenvalue weighted by Crippen LogP contribution is 2.12. The molecule has 4 amide bonds. The van der Waals surface area contributed by atoms with Crippen molar-refractivity contribution >= 4 is 24.0 Å². The summed E-state index contributed by atoms with van der Waals surface area (Å²) in [5.74, 6) is 6.66. The van der Waals surface area contributed by atoms with Crippen LogP contribution in [0.4, 0.5) is 9.59 Å². The minimum Gasteiger partial charge on any atom is -0.478 e. The van der Waals surface area contributed by atoms with Crippen LogP contribution in [0.2, 0.25) is 0 Å². The molecule has 19 heavy (non-hydrogen) atoms. The molecule has 0 saturated heterocycles. The van der Waals surface area contributed by atoms with Crippen LogP contribution in [0.15, 0.2) is 0 Å². The standard InChI is InChI=1S/C6H13N7O6/c7-4(17)12(10)6(9,3(15)16)1-2(14)19-13(11)5(8)18/h1,9-11H2,(H2,7,17)(H2,8,18)(H,15,16)/t6-/m1/s1. The number of carboxylic acids is 1. The van der Waals surface area contributed by atoms with E-state index < -0.39 is 36.1 Å². The molecule has 0 unspecified atom stereocenters. The van der Waals surface area contributed by atoms with Crippen LogP contribution in [-0.4, -0.2) is 45.0 Å². The maximum Gasteiger partial charge on any atom is 0.363 e. The number of hydrazine groups is 2. The lowest BCUT2D eigenvalue weighted by Gasteiger charge is -2.31. The van der Waals surface area contributed by atoms with Gasteiger partial charge in [0.2, 0.25) is 5.66 Å². The quantitative estimate of drug-likeness (QED) is 0.127. The zero-order chi connectivity index (χ0) is 15.4. The van der Waals surface area contributed by atoms with Gasteiger partial charge in [-0.2, -0.15) is 0 Å². The van der Waals surface area contributed by atoms with Crippen LogP contribution in [0.3, 0.4) is 0 Å². The van der Waals surface area contributed by atoms with Crippen molar-refractivity contribution in [3.63, 3.8) is 0 Å².